The molecule has 25 heavy (non-hydrogen) atoms. The Morgan fingerprint density at radius 3 is 2.72 bits per heavy atom. The van der Waals surface area contributed by atoms with Gasteiger partial charge in [0.1, 0.15) is 10.7 Å². The lowest BCUT2D eigenvalue weighted by molar-refractivity contribution is -0.00802. The summed E-state index contributed by atoms with van der Waals surface area (Å²) in [6.07, 6.45) is 4.76. The molecule has 2 unspecified atom stereocenters. The first-order valence-corrected chi connectivity index (χ1v) is 10.9. The lowest BCUT2D eigenvalue weighted by Crippen LogP contribution is -2.44. The van der Waals surface area contributed by atoms with Crippen molar-refractivity contribution in [2.24, 2.45) is 11.8 Å². The van der Waals surface area contributed by atoms with Gasteiger partial charge in [0.25, 0.3) is 0 Å². The molecule has 2 N–H and O–H groups in total. The van der Waals surface area contributed by atoms with Crippen LogP contribution in [0.5, 0.6) is 0 Å². The fourth-order valence-electron chi connectivity index (χ4n) is 2.57. The van der Waals surface area contributed by atoms with Crippen LogP contribution in [0.3, 0.4) is 0 Å². The van der Waals surface area contributed by atoms with Crippen LogP contribution in [-0.4, -0.2) is 39.2 Å². The van der Waals surface area contributed by atoms with Gasteiger partial charge >= 0.3 is 0 Å². The van der Waals surface area contributed by atoms with Gasteiger partial charge in [-0.3, -0.25) is 0 Å². The zero-order valence-electron chi connectivity index (χ0n) is 15.3. The summed E-state index contributed by atoms with van der Waals surface area (Å²) in [5.74, 6) is 1.21. The first-order valence-electron chi connectivity index (χ1n) is 8.66. The van der Waals surface area contributed by atoms with E-state index in [0.29, 0.717) is 28.7 Å². The Kier molecular flexibility index (Phi) is 6.87. The van der Waals surface area contributed by atoms with Crippen molar-refractivity contribution in [1.82, 2.24) is 9.71 Å². The maximum atomic E-state index is 12.9. The molecule has 2 rings (SSSR count). The fraction of sp³-hybridized carbons (Fsp3) is 0.706. The minimum absolute atomic E-state index is 0.152. The molecule has 1 saturated carbocycles. The maximum Gasteiger partial charge on any atom is 0.244 e. The number of hydrogen-bond donors (Lipinski definition) is 2. The van der Waals surface area contributed by atoms with Crippen molar-refractivity contribution in [3.8, 4) is 0 Å². The van der Waals surface area contributed by atoms with Crippen molar-refractivity contribution in [3.63, 3.8) is 0 Å². The van der Waals surface area contributed by atoms with Crippen molar-refractivity contribution in [1.29, 1.82) is 0 Å². The summed E-state index contributed by atoms with van der Waals surface area (Å²) in [4.78, 5) is 4.41. The Hall–Kier alpha value is -0.700. The molecule has 0 spiro atoms. The SMILES string of the molecule is CCC(C)CNc1ncc(Br)cc1S(=O)(=O)NCC(C)(OC)C1CC1. The second-order valence-corrected chi connectivity index (χ2v) is 9.66. The average Bonchev–Trinajstić information content (AvgIpc) is 3.43. The number of rotatable bonds is 10. The lowest BCUT2D eigenvalue weighted by atomic mass is 10.0. The molecule has 6 nitrogen and oxygen atoms in total. The third-order valence-electron chi connectivity index (χ3n) is 4.94. The first-order chi connectivity index (χ1) is 11.7. The molecule has 1 fully saturated rings. The van der Waals surface area contributed by atoms with Gasteiger partial charge in [0.2, 0.25) is 10.0 Å². The summed E-state index contributed by atoms with van der Waals surface area (Å²) in [5.41, 5.74) is -0.475. The molecule has 8 heteroatoms. The van der Waals surface area contributed by atoms with E-state index < -0.39 is 15.6 Å². The predicted octanol–water partition coefficient (Wildman–Crippen LogP) is 3.40. The molecule has 0 aromatic carbocycles. The van der Waals surface area contributed by atoms with E-state index in [9.17, 15) is 8.42 Å². The third-order valence-corrected chi connectivity index (χ3v) is 6.79. The number of sulfonamides is 1. The van der Waals surface area contributed by atoms with E-state index in [4.69, 9.17) is 4.74 Å². The summed E-state index contributed by atoms with van der Waals surface area (Å²) in [6, 6.07) is 1.58. The number of pyridine rings is 1. The Morgan fingerprint density at radius 2 is 2.16 bits per heavy atom. The van der Waals surface area contributed by atoms with Crippen molar-refractivity contribution in [2.45, 2.75) is 50.5 Å². The summed E-state index contributed by atoms with van der Waals surface area (Å²) in [5, 5.41) is 3.16. The molecule has 1 aromatic heterocycles. The van der Waals surface area contributed by atoms with Crippen LogP contribution in [0.15, 0.2) is 21.6 Å². The maximum absolute atomic E-state index is 12.9. The topological polar surface area (TPSA) is 80.3 Å². The highest BCUT2D eigenvalue weighted by molar-refractivity contribution is 9.10. The highest BCUT2D eigenvalue weighted by Gasteiger charge is 2.42. The van der Waals surface area contributed by atoms with E-state index >= 15 is 0 Å². The van der Waals surface area contributed by atoms with Crippen LogP contribution in [0.4, 0.5) is 5.82 Å². The molecule has 0 aliphatic heterocycles. The van der Waals surface area contributed by atoms with Gasteiger partial charge in [-0.15, -0.1) is 0 Å². The van der Waals surface area contributed by atoms with Crippen LogP contribution >= 0.6 is 15.9 Å². The molecule has 142 valence electrons. The van der Waals surface area contributed by atoms with Crippen LogP contribution in [-0.2, 0) is 14.8 Å². The molecule has 0 amide bonds. The Morgan fingerprint density at radius 1 is 1.48 bits per heavy atom. The van der Waals surface area contributed by atoms with Gasteiger partial charge in [-0.2, -0.15) is 0 Å². The number of aromatic nitrogens is 1. The average molecular weight is 434 g/mol. The van der Waals surface area contributed by atoms with E-state index in [1.165, 1.54) is 0 Å². The molecular weight excluding hydrogens is 406 g/mol. The second-order valence-electron chi connectivity index (χ2n) is 7.01. The molecular formula is C17H28BrN3O3S. The van der Waals surface area contributed by atoms with Gasteiger partial charge < -0.3 is 10.1 Å². The van der Waals surface area contributed by atoms with Gasteiger partial charge in [-0.1, -0.05) is 20.3 Å². The van der Waals surface area contributed by atoms with Gasteiger partial charge in [0.15, 0.2) is 0 Å². The number of methoxy groups -OCH3 is 1. The standard InChI is InChI=1S/C17H28BrN3O3S/c1-5-12(2)9-19-16-15(8-14(18)10-20-16)25(22,23)21-11-17(3,24-4)13-6-7-13/h8,10,12-13,21H,5-7,9,11H2,1-4H3,(H,19,20). The Balaban J connectivity index is 2.18. The van der Waals surface area contributed by atoms with Crippen LogP contribution in [0.2, 0.25) is 0 Å². The number of anilines is 1. The first kappa shape index (κ1) is 20.6. The molecule has 1 aromatic rings. The molecule has 2 atom stereocenters. The van der Waals surface area contributed by atoms with Crippen molar-refractivity contribution in [3.05, 3.63) is 16.7 Å². The van der Waals surface area contributed by atoms with Gasteiger partial charge in [0, 0.05) is 30.9 Å². The van der Waals surface area contributed by atoms with Crippen molar-refractivity contribution < 1.29 is 13.2 Å². The molecule has 0 bridgehead atoms. The van der Waals surface area contributed by atoms with Crippen molar-refractivity contribution in [2.75, 3.05) is 25.5 Å². The lowest BCUT2D eigenvalue weighted by Gasteiger charge is -2.28. The van der Waals surface area contributed by atoms with Crippen LogP contribution < -0.4 is 10.0 Å². The van der Waals surface area contributed by atoms with Crippen LogP contribution in [0, 0.1) is 11.8 Å². The Bertz CT molecular complexity index is 694. The summed E-state index contributed by atoms with van der Waals surface area (Å²) in [6.45, 7) is 7.08. The molecule has 1 aliphatic rings. The van der Waals surface area contributed by atoms with Crippen molar-refractivity contribution >= 4 is 31.8 Å². The predicted molar refractivity (Wildman–Crippen MR) is 103 cm³/mol. The van der Waals surface area contributed by atoms with E-state index in [1.54, 1.807) is 19.4 Å². The summed E-state index contributed by atoms with van der Waals surface area (Å²) < 4.78 is 34.6. The normalized spacial score (nSPS) is 18.6. The number of hydrogen-bond acceptors (Lipinski definition) is 5. The van der Waals surface area contributed by atoms with Gasteiger partial charge in [-0.05, 0) is 53.6 Å². The highest BCUT2D eigenvalue weighted by Crippen LogP contribution is 2.41. The Labute approximate surface area is 159 Å². The quantitative estimate of drug-likeness (QED) is 0.590. The third kappa shape index (κ3) is 5.39. The smallest absolute Gasteiger partial charge is 0.244 e. The minimum Gasteiger partial charge on any atom is -0.377 e. The van der Waals surface area contributed by atoms with Gasteiger partial charge in [-0.25, -0.2) is 18.1 Å². The van der Waals surface area contributed by atoms with E-state index in [1.807, 2.05) is 6.92 Å². The molecule has 1 heterocycles. The number of nitrogens with one attached hydrogen (secondary N) is 2. The van der Waals surface area contributed by atoms with E-state index in [0.717, 1.165) is 19.3 Å². The largest absolute Gasteiger partial charge is 0.377 e. The monoisotopic (exact) mass is 433 g/mol. The van der Waals surface area contributed by atoms with E-state index in [2.05, 4.69) is 44.8 Å². The second kappa shape index (κ2) is 8.33. The number of nitrogens with zero attached hydrogens (tertiary/aromatic N) is 1. The minimum atomic E-state index is -3.70. The molecule has 1 aliphatic carbocycles. The van der Waals surface area contributed by atoms with Gasteiger partial charge in [0.05, 0.1) is 5.60 Å². The molecule has 0 radical (unpaired) electrons. The van der Waals surface area contributed by atoms with Crippen LogP contribution in [0.1, 0.15) is 40.0 Å². The fourth-order valence-corrected chi connectivity index (χ4v) is 4.34. The number of halogens is 1. The summed E-state index contributed by atoms with van der Waals surface area (Å²) >= 11 is 3.31. The van der Waals surface area contributed by atoms with E-state index in [-0.39, 0.29) is 11.4 Å². The zero-order valence-corrected chi connectivity index (χ0v) is 17.7. The summed E-state index contributed by atoms with van der Waals surface area (Å²) in [7, 11) is -2.07. The van der Waals surface area contributed by atoms with Crippen LogP contribution in [0.25, 0.3) is 0 Å². The zero-order chi connectivity index (χ0) is 18.7. The molecule has 0 saturated heterocycles. The highest BCUT2D eigenvalue weighted by atomic mass is 79.9. The number of ether oxygens (including phenoxy) is 1.